The van der Waals surface area contributed by atoms with Gasteiger partial charge in [0.25, 0.3) is 5.91 Å². The largest absolute Gasteiger partial charge is 0.340 e. The number of rotatable bonds is 6. The topological polar surface area (TPSA) is 78.0 Å². The first-order chi connectivity index (χ1) is 14.3. The highest BCUT2D eigenvalue weighted by atomic mass is 32.2. The molecule has 0 aliphatic carbocycles. The molecule has 30 heavy (non-hydrogen) atoms. The lowest BCUT2D eigenvalue weighted by molar-refractivity contribution is -0.129. The van der Waals surface area contributed by atoms with Gasteiger partial charge in [-0.25, -0.2) is 8.42 Å². The molecule has 0 bridgehead atoms. The maximum absolute atomic E-state index is 13.1. The summed E-state index contributed by atoms with van der Waals surface area (Å²) in [6, 6.07) is 15.9. The molecule has 2 amide bonds. The Hall–Kier alpha value is -2.71. The first-order valence-corrected chi connectivity index (χ1v) is 11.5. The van der Waals surface area contributed by atoms with Gasteiger partial charge in [-0.3, -0.25) is 9.59 Å². The first kappa shape index (κ1) is 22.0. The Balaban J connectivity index is 1.77. The minimum Gasteiger partial charge on any atom is -0.340 e. The third kappa shape index (κ3) is 4.88. The molecule has 0 atom stereocenters. The van der Waals surface area contributed by atoms with Gasteiger partial charge in [0.05, 0.1) is 4.90 Å². The van der Waals surface area contributed by atoms with E-state index >= 15 is 0 Å². The molecule has 1 saturated heterocycles. The molecule has 160 valence electrons. The summed E-state index contributed by atoms with van der Waals surface area (Å²) in [7, 11) is -3.73. The van der Waals surface area contributed by atoms with E-state index in [1.807, 2.05) is 37.3 Å². The van der Waals surface area contributed by atoms with Crippen LogP contribution in [-0.2, 0) is 21.4 Å². The highest BCUT2D eigenvalue weighted by Crippen LogP contribution is 2.20. The average molecular weight is 430 g/mol. The smallest absolute Gasteiger partial charge is 0.254 e. The van der Waals surface area contributed by atoms with Crippen LogP contribution in [-0.4, -0.2) is 67.1 Å². The molecule has 1 fully saturated rings. The number of sulfonamides is 1. The van der Waals surface area contributed by atoms with Crippen molar-refractivity contribution in [2.24, 2.45) is 0 Å². The van der Waals surface area contributed by atoms with Crippen molar-refractivity contribution in [1.29, 1.82) is 0 Å². The minimum atomic E-state index is -3.73. The molecule has 8 heteroatoms. The Morgan fingerprint density at radius 1 is 0.967 bits per heavy atom. The fourth-order valence-corrected chi connectivity index (χ4v) is 4.96. The van der Waals surface area contributed by atoms with Crippen molar-refractivity contribution in [3.05, 3.63) is 65.7 Å². The van der Waals surface area contributed by atoms with E-state index in [1.165, 1.54) is 23.4 Å². The van der Waals surface area contributed by atoms with Crippen molar-refractivity contribution >= 4 is 21.8 Å². The van der Waals surface area contributed by atoms with E-state index in [9.17, 15) is 18.0 Å². The third-order valence-corrected chi connectivity index (χ3v) is 7.18. The van der Waals surface area contributed by atoms with Gasteiger partial charge in [-0.15, -0.1) is 0 Å². The highest BCUT2D eigenvalue weighted by Gasteiger charge is 2.30. The van der Waals surface area contributed by atoms with Gasteiger partial charge in [-0.05, 0) is 30.7 Å². The lowest BCUT2D eigenvalue weighted by Crippen LogP contribution is -2.49. The molecule has 0 saturated carbocycles. The van der Waals surface area contributed by atoms with Crippen LogP contribution in [0, 0.1) is 0 Å². The zero-order valence-electron chi connectivity index (χ0n) is 17.3. The van der Waals surface area contributed by atoms with Gasteiger partial charge in [0.2, 0.25) is 15.9 Å². The van der Waals surface area contributed by atoms with Crippen molar-refractivity contribution in [1.82, 2.24) is 14.1 Å². The molecular formula is C22H27N3O4S. The van der Waals surface area contributed by atoms with Gasteiger partial charge in [0.1, 0.15) is 0 Å². The molecule has 0 N–H and O–H groups in total. The predicted octanol–water partition coefficient (Wildman–Crippen LogP) is 2.20. The second-order valence-electron chi connectivity index (χ2n) is 7.24. The summed E-state index contributed by atoms with van der Waals surface area (Å²) in [5.74, 6) is -0.266. The number of carbonyl (C=O) groups excluding carboxylic acids is 2. The van der Waals surface area contributed by atoms with Crippen LogP contribution in [0.2, 0.25) is 0 Å². The normalized spacial score (nSPS) is 15.1. The quantitative estimate of drug-likeness (QED) is 0.705. The average Bonchev–Trinajstić information content (AvgIpc) is 2.78. The van der Waals surface area contributed by atoms with Gasteiger partial charge in [0.15, 0.2) is 0 Å². The van der Waals surface area contributed by atoms with Gasteiger partial charge in [0, 0.05) is 51.8 Å². The summed E-state index contributed by atoms with van der Waals surface area (Å²) < 4.78 is 27.5. The van der Waals surface area contributed by atoms with E-state index in [-0.39, 0.29) is 29.8 Å². The molecule has 1 heterocycles. The summed E-state index contributed by atoms with van der Waals surface area (Å²) in [6.07, 6.45) is 0. The van der Waals surface area contributed by atoms with E-state index in [1.54, 1.807) is 21.9 Å². The van der Waals surface area contributed by atoms with E-state index in [4.69, 9.17) is 0 Å². The van der Waals surface area contributed by atoms with Crippen LogP contribution < -0.4 is 0 Å². The Kier molecular flexibility index (Phi) is 6.89. The Labute approximate surface area is 177 Å². The molecule has 1 aliphatic rings. The van der Waals surface area contributed by atoms with Crippen LogP contribution >= 0.6 is 0 Å². The van der Waals surface area contributed by atoms with E-state index in [0.29, 0.717) is 31.7 Å². The Bertz CT molecular complexity index is 1000. The SMILES string of the molecule is CCN(Cc1ccccc1)C(=O)c1cccc(S(=O)(=O)N2CCN(C(C)=O)CC2)c1. The van der Waals surface area contributed by atoms with Gasteiger partial charge in [-0.1, -0.05) is 36.4 Å². The second-order valence-corrected chi connectivity index (χ2v) is 9.18. The monoisotopic (exact) mass is 429 g/mol. The van der Waals surface area contributed by atoms with Crippen molar-refractivity contribution < 1.29 is 18.0 Å². The van der Waals surface area contributed by atoms with Crippen LogP contribution in [0.3, 0.4) is 0 Å². The number of hydrogen-bond acceptors (Lipinski definition) is 4. The first-order valence-electron chi connectivity index (χ1n) is 10.0. The number of amides is 2. The molecule has 0 unspecified atom stereocenters. The minimum absolute atomic E-state index is 0.0577. The van der Waals surface area contributed by atoms with Gasteiger partial charge in [-0.2, -0.15) is 4.31 Å². The summed E-state index contributed by atoms with van der Waals surface area (Å²) in [6.45, 7) is 5.58. The van der Waals surface area contributed by atoms with Gasteiger partial charge < -0.3 is 9.80 Å². The predicted molar refractivity (Wildman–Crippen MR) is 114 cm³/mol. The molecule has 2 aromatic carbocycles. The van der Waals surface area contributed by atoms with E-state index < -0.39 is 10.0 Å². The highest BCUT2D eigenvalue weighted by molar-refractivity contribution is 7.89. The molecule has 3 rings (SSSR count). The number of nitrogens with zero attached hydrogens (tertiary/aromatic N) is 3. The number of carbonyl (C=O) groups is 2. The van der Waals surface area contributed by atoms with Crippen molar-refractivity contribution in [2.75, 3.05) is 32.7 Å². The molecular weight excluding hydrogens is 402 g/mol. The Morgan fingerprint density at radius 3 is 2.23 bits per heavy atom. The molecule has 0 aromatic heterocycles. The molecule has 0 spiro atoms. The summed E-state index contributed by atoms with van der Waals surface area (Å²) in [5.41, 5.74) is 1.36. The maximum atomic E-state index is 13.1. The molecule has 1 aliphatic heterocycles. The molecule has 0 radical (unpaired) electrons. The number of piperazine rings is 1. The third-order valence-electron chi connectivity index (χ3n) is 5.29. The summed E-state index contributed by atoms with van der Waals surface area (Å²) >= 11 is 0. The molecule has 2 aromatic rings. The zero-order chi connectivity index (χ0) is 21.7. The maximum Gasteiger partial charge on any atom is 0.254 e. The van der Waals surface area contributed by atoms with Crippen LogP contribution in [0.15, 0.2) is 59.5 Å². The summed E-state index contributed by atoms with van der Waals surface area (Å²) in [5, 5.41) is 0. The standard InChI is InChI=1S/C22H27N3O4S/c1-3-23(17-19-8-5-4-6-9-19)22(27)20-10-7-11-21(16-20)30(28,29)25-14-12-24(13-15-25)18(2)26/h4-11,16H,3,12-15,17H2,1-2H3. The number of benzene rings is 2. The van der Waals surface area contributed by atoms with Crippen LogP contribution in [0.25, 0.3) is 0 Å². The van der Waals surface area contributed by atoms with Crippen LogP contribution in [0.5, 0.6) is 0 Å². The zero-order valence-corrected chi connectivity index (χ0v) is 18.1. The lowest BCUT2D eigenvalue weighted by Gasteiger charge is -2.33. The van der Waals surface area contributed by atoms with Crippen LogP contribution in [0.1, 0.15) is 29.8 Å². The lowest BCUT2D eigenvalue weighted by atomic mass is 10.1. The molecule has 7 nitrogen and oxygen atoms in total. The number of hydrogen-bond donors (Lipinski definition) is 0. The van der Waals surface area contributed by atoms with Crippen LogP contribution in [0.4, 0.5) is 0 Å². The van der Waals surface area contributed by atoms with Crippen molar-refractivity contribution in [2.45, 2.75) is 25.3 Å². The fourth-order valence-electron chi connectivity index (χ4n) is 3.50. The summed E-state index contributed by atoms with van der Waals surface area (Å²) in [4.78, 5) is 27.9. The van der Waals surface area contributed by atoms with Gasteiger partial charge >= 0.3 is 0 Å². The van der Waals surface area contributed by atoms with Crippen molar-refractivity contribution in [3.63, 3.8) is 0 Å². The Morgan fingerprint density at radius 2 is 1.63 bits per heavy atom. The van der Waals surface area contributed by atoms with Crippen molar-refractivity contribution in [3.8, 4) is 0 Å². The second kappa shape index (κ2) is 9.40. The van der Waals surface area contributed by atoms with E-state index in [2.05, 4.69) is 0 Å². The van der Waals surface area contributed by atoms with E-state index in [0.717, 1.165) is 5.56 Å². The fraction of sp³-hybridized carbons (Fsp3) is 0.364.